The molecular weight excluding hydrogens is 248 g/mol. The summed E-state index contributed by atoms with van der Waals surface area (Å²) in [4.78, 5) is 14.2. The van der Waals surface area contributed by atoms with Crippen molar-refractivity contribution < 1.29 is 4.79 Å². The molecule has 0 heterocycles. The molecule has 0 saturated heterocycles. The van der Waals surface area contributed by atoms with Gasteiger partial charge in [-0.05, 0) is 29.9 Å². The molecule has 1 aromatic rings. The largest absolute Gasteiger partial charge is 0.341 e. The molecule has 0 aliphatic heterocycles. The third-order valence-corrected chi connectivity index (χ3v) is 4.33. The van der Waals surface area contributed by atoms with Gasteiger partial charge in [0.25, 0.3) is 0 Å². The normalized spacial score (nSPS) is 22.2. The Hall–Kier alpha value is -1.35. The Morgan fingerprint density at radius 1 is 1.30 bits per heavy atom. The van der Waals surface area contributed by atoms with Crippen molar-refractivity contribution in [2.24, 2.45) is 11.7 Å². The molecule has 0 bridgehead atoms. The fourth-order valence-electron chi connectivity index (χ4n) is 2.94. The van der Waals surface area contributed by atoms with E-state index in [-0.39, 0.29) is 17.9 Å². The van der Waals surface area contributed by atoms with Crippen LogP contribution in [0.2, 0.25) is 0 Å². The van der Waals surface area contributed by atoms with Gasteiger partial charge in [-0.2, -0.15) is 0 Å². The van der Waals surface area contributed by atoms with Gasteiger partial charge < -0.3 is 10.6 Å². The highest BCUT2D eigenvalue weighted by Crippen LogP contribution is 2.26. The first-order chi connectivity index (χ1) is 9.49. The molecule has 1 aliphatic rings. The maximum absolute atomic E-state index is 12.4. The lowest BCUT2D eigenvalue weighted by Gasteiger charge is -2.23. The van der Waals surface area contributed by atoms with Crippen molar-refractivity contribution in [3.05, 3.63) is 35.4 Å². The Kier molecular flexibility index (Phi) is 4.81. The van der Waals surface area contributed by atoms with Gasteiger partial charge in [-0.1, -0.05) is 44.5 Å². The van der Waals surface area contributed by atoms with E-state index < -0.39 is 0 Å². The molecule has 0 aromatic heterocycles. The summed E-state index contributed by atoms with van der Waals surface area (Å²) in [6.45, 7) is 5.04. The SMILES string of the molecule is CC(C)c1ccc(CN(C)C(=O)C2CCCC2N)cc1. The quantitative estimate of drug-likeness (QED) is 0.917. The molecule has 2 atom stereocenters. The molecule has 2 N–H and O–H groups in total. The van der Waals surface area contributed by atoms with E-state index in [1.165, 1.54) is 11.1 Å². The molecule has 1 aromatic carbocycles. The van der Waals surface area contributed by atoms with Gasteiger partial charge in [0, 0.05) is 19.6 Å². The van der Waals surface area contributed by atoms with Crippen molar-refractivity contribution in [1.29, 1.82) is 0 Å². The van der Waals surface area contributed by atoms with E-state index in [1.807, 2.05) is 11.9 Å². The summed E-state index contributed by atoms with van der Waals surface area (Å²) in [6.07, 6.45) is 3.00. The van der Waals surface area contributed by atoms with Crippen LogP contribution < -0.4 is 5.73 Å². The minimum atomic E-state index is 0.0231. The first kappa shape index (κ1) is 15.0. The summed E-state index contributed by atoms with van der Waals surface area (Å²) in [5, 5.41) is 0. The summed E-state index contributed by atoms with van der Waals surface area (Å²) < 4.78 is 0. The number of hydrogen-bond donors (Lipinski definition) is 1. The Balaban J connectivity index is 1.96. The van der Waals surface area contributed by atoms with Crippen LogP contribution in [-0.2, 0) is 11.3 Å². The van der Waals surface area contributed by atoms with Crippen molar-refractivity contribution in [1.82, 2.24) is 4.90 Å². The Bertz CT molecular complexity index is 453. The lowest BCUT2D eigenvalue weighted by molar-refractivity contribution is -0.134. The van der Waals surface area contributed by atoms with Gasteiger partial charge >= 0.3 is 0 Å². The van der Waals surface area contributed by atoms with E-state index in [2.05, 4.69) is 38.1 Å². The highest BCUT2D eigenvalue weighted by Gasteiger charge is 2.32. The molecule has 3 nitrogen and oxygen atoms in total. The predicted molar refractivity (Wildman–Crippen MR) is 82.3 cm³/mol. The Labute approximate surface area is 122 Å². The molecule has 1 aliphatic carbocycles. The van der Waals surface area contributed by atoms with Gasteiger partial charge in [0.05, 0.1) is 5.92 Å². The van der Waals surface area contributed by atoms with E-state index in [0.717, 1.165) is 19.3 Å². The summed E-state index contributed by atoms with van der Waals surface area (Å²) in [7, 11) is 1.88. The minimum Gasteiger partial charge on any atom is -0.341 e. The fourth-order valence-corrected chi connectivity index (χ4v) is 2.94. The van der Waals surface area contributed by atoms with Crippen molar-refractivity contribution in [3.63, 3.8) is 0 Å². The number of hydrogen-bond acceptors (Lipinski definition) is 2. The second-order valence-electron chi connectivity index (χ2n) is 6.29. The molecule has 2 rings (SSSR count). The molecule has 1 saturated carbocycles. The fraction of sp³-hybridized carbons (Fsp3) is 0.588. The van der Waals surface area contributed by atoms with Gasteiger partial charge in [0.15, 0.2) is 0 Å². The van der Waals surface area contributed by atoms with Crippen LogP contribution in [0, 0.1) is 5.92 Å². The molecule has 1 amide bonds. The second kappa shape index (κ2) is 6.40. The highest BCUT2D eigenvalue weighted by molar-refractivity contribution is 5.79. The van der Waals surface area contributed by atoms with Crippen LogP contribution in [0.1, 0.15) is 50.2 Å². The number of benzene rings is 1. The van der Waals surface area contributed by atoms with Crippen LogP contribution >= 0.6 is 0 Å². The lowest BCUT2D eigenvalue weighted by atomic mass is 10.0. The van der Waals surface area contributed by atoms with Crippen LogP contribution in [0.15, 0.2) is 24.3 Å². The monoisotopic (exact) mass is 274 g/mol. The Morgan fingerprint density at radius 2 is 1.95 bits per heavy atom. The van der Waals surface area contributed by atoms with Gasteiger partial charge in [0.2, 0.25) is 5.91 Å². The van der Waals surface area contributed by atoms with Crippen LogP contribution in [0.5, 0.6) is 0 Å². The van der Waals surface area contributed by atoms with Crippen LogP contribution in [0.25, 0.3) is 0 Å². The van der Waals surface area contributed by atoms with E-state index >= 15 is 0 Å². The maximum atomic E-state index is 12.4. The summed E-state index contributed by atoms with van der Waals surface area (Å²) in [6, 6.07) is 8.59. The Morgan fingerprint density at radius 3 is 2.45 bits per heavy atom. The smallest absolute Gasteiger partial charge is 0.227 e. The maximum Gasteiger partial charge on any atom is 0.227 e. The highest BCUT2D eigenvalue weighted by atomic mass is 16.2. The number of rotatable bonds is 4. The van der Waals surface area contributed by atoms with Gasteiger partial charge in [-0.15, -0.1) is 0 Å². The first-order valence-electron chi connectivity index (χ1n) is 7.58. The van der Waals surface area contributed by atoms with E-state index in [0.29, 0.717) is 12.5 Å². The van der Waals surface area contributed by atoms with Gasteiger partial charge in [-0.3, -0.25) is 4.79 Å². The van der Waals surface area contributed by atoms with E-state index in [1.54, 1.807) is 0 Å². The molecule has 0 spiro atoms. The van der Waals surface area contributed by atoms with Crippen LogP contribution in [0.4, 0.5) is 0 Å². The average molecular weight is 274 g/mol. The number of nitrogens with two attached hydrogens (primary N) is 1. The van der Waals surface area contributed by atoms with E-state index in [9.17, 15) is 4.79 Å². The molecule has 0 radical (unpaired) electrons. The third-order valence-electron chi connectivity index (χ3n) is 4.33. The van der Waals surface area contributed by atoms with Crippen molar-refractivity contribution in [3.8, 4) is 0 Å². The summed E-state index contributed by atoms with van der Waals surface area (Å²) in [5.74, 6) is 0.762. The number of carbonyl (C=O) groups excluding carboxylic acids is 1. The number of amides is 1. The molecule has 20 heavy (non-hydrogen) atoms. The van der Waals surface area contributed by atoms with Crippen molar-refractivity contribution in [2.45, 2.75) is 51.6 Å². The van der Waals surface area contributed by atoms with Crippen LogP contribution in [0.3, 0.4) is 0 Å². The first-order valence-corrected chi connectivity index (χ1v) is 7.58. The zero-order valence-corrected chi connectivity index (χ0v) is 12.8. The molecule has 3 heteroatoms. The molecule has 110 valence electrons. The second-order valence-corrected chi connectivity index (χ2v) is 6.29. The molecular formula is C17H26N2O. The number of nitrogens with zero attached hydrogens (tertiary/aromatic N) is 1. The lowest BCUT2D eigenvalue weighted by Crippen LogP contribution is -2.39. The summed E-state index contributed by atoms with van der Waals surface area (Å²) >= 11 is 0. The molecule has 1 fully saturated rings. The standard InChI is InChI=1S/C17H26N2O/c1-12(2)14-9-7-13(8-10-14)11-19(3)17(20)15-5-4-6-16(15)18/h7-10,12,15-16H,4-6,11,18H2,1-3H3. The zero-order chi connectivity index (χ0) is 14.7. The average Bonchev–Trinajstić information content (AvgIpc) is 2.84. The molecule has 2 unspecified atom stereocenters. The van der Waals surface area contributed by atoms with Gasteiger partial charge in [0.1, 0.15) is 0 Å². The van der Waals surface area contributed by atoms with Crippen molar-refractivity contribution >= 4 is 5.91 Å². The topological polar surface area (TPSA) is 46.3 Å². The number of carbonyl (C=O) groups is 1. The van der Waals surface area contributed by atoms with E-state index in [4.69, 9.17) is 5.73 Å². The van der Waals surface area contributed by atoms with Crippen LogP contribution in [-0.4, -0.2) is 23.9 Å². The minimum absolute atomic E-state index is 0.0231. The third kappa shape index (κ3) is 3.40. The summed E-state index contributed by atoms with van der Waals surface area (Å²) in [5.41, 5.74) is 8.53. The van der Waals surface area contributed by atoms with Gasteiger partial charge in [-0.25, -0.2) is 0 Å². The van der Waals surface area contributed by atoms with Crippen molar-refractivity contribution in [2.75, 3.05) is 7.05 Å². The zero-order valence-electron chi connectivity index (χ0n) is 12.8. The predicted octanol–water partition coefficient (Wildman–Crippen LogP) is 2.90.